The van der Waals surface area contributed by atoms with Crippen LogP contribution in [0.2, 0.25) is 0 Å². The summed E-state index contributed by atoms with van der Waals surface area (Å²) in [6.45, 7) is 2.13. The van der Waals surface area contributed by atoms with Crippen LogP contribution in [0.15, 0.2) is 28.8 Å². The van der Waals surface area contributed by atoms with Gasteiger partial charge in [-0.3, -0.25) is 4.79 Å². The van der Waals surface area contributed by atoms with E-state index in [2.05, 4.69) is 15.8 Å². The number of hydrogen-bond acceptors (Lipinski definition) is 5. The molecule has 2 N–H and O–H groups in total. The van der Waals surface area contributed by atoms with Gasteiger partial charge in [-0.1, -0.05) is 17.3 Å². The van der Waals surface area contributed by atoms with Crippen molar-refractivity contribution in [3.05, 3.63) is 30.0 Å². The zero-order valence-electron chi connectivity index (χ0n) is 12.7. The van der Waals surface area contributed by atoms with E-state index in [0.29, 0.717) is 24.4 Å². The predicted molar refractivity (Wildman–Crippen MR) is 82.6 cm³/mol. The van der Waals surface area contributed by atoms with E-state index in [-0.39, 0.29) is 17.9 Å². The van der Waals surface area contributed by atoms with Crippen LogP contribution >= 0.6 is 0 Å². The van der Waals surface area contributed by atoms with Gasteiger partial charge in [0, 0.05) is 19.0 Å². The van der Waals surface area contributed by atoms with Crippen molar-refractivity contribution in [1.82, 2.24) is 15.8 Å². The van der Waals surface area contributed by atoms with Crippen LogP contribution in [0.25, 0.3) is 11.0 Å². The minimum atomic E-state index is -0.143. The van der Waals surface area contributed by atoms with Crippen LogP contribution in [-0.2, 0) is 16.0 Å². The topological polar surface area (TPSA) is 76.4 Å². The molecule has 0 saturated carbocycles. The number of nitrogens with zero attached hydrogens (tertiary/aromatic N) is 1. The summed E-state index contributed by atoms with van der Waals surface area (Å²) in [5.74, 6) is -0.0526. The van der Waals surface area contributed by atoms with Crippen LogP contribution in [0.3, 0.4) is 0 Å². The van der Waals surface area contributed by atoms with Crippen molar-refractivity contribution >= 4 is 16.9 Å². The van der Waals surface area contributed by atoms with E-state index in [1.54, 1.807) is 7.11 Å². The summed E-state index contributed by atoms with van der Waals surface area (Å²) < 4.78 is 10.5. The van der Waals surface area contributed by atoms with Gasteiger partial charge < -0.3 is 19.9 Å². The Kier molecular flexibility index (Phi) is 4.40. The lowest BCUT2D eigenvalue weighted by Crippen LogP contribution is -2.53. The Morgan fingerprint density at radius 1 is 1.50 bits per heavy atom. The van der Waals surface area contributed by atoms with Crippen LogP contribution in [0.4, 0.5) is 0 Å². The number of hydrogen-bond donors (Lipinski definition) is 2. The van der Waals surface area contributed by atoms with Gasteiger partial charge in [0.25, 0.3) is 0 Å². The third kappa shape index (κ3) is 3.13. The Balaban J connectivity index is 1.60. The lowest BCUT2D eigenvalue weighted by Gasteiger charge is -2.28. The summed E-state index contributed by atoms with van der Waals surface area (Å²) >= 11 is 0. The number of ether oxygens (including phenoxy) is 1. The second-order valence-corrected chi connectivity index (χ2v) is 5.82. The second kappa shape index (κ2) is 6.46. The predicted octanol–water partition coefficient (Wildman–Crippen LogP) is 1.26. The number of carbonyl (C=O) groups is 1. The molecule has 2 aromatic rings. The molecule has 1 amide bonds. The summed E-state index contributed by atoms with van der Waals surface area (Å²) in [5.41, 5.74) is 1.24. The van der Waals surface area contributed by atoms with Crippen LogP contribution in [0.5, 0.6) is 0 Å². The largest absolute Gasteiger partial charge is 0.383 e. The highest BCUT2D eigenvalue weighted by molar-refractivity contribution is 5.86. The minimum absolute atomic E-state index is 0.0526. The van der Waals surface area contributed by atoms with Crippen molar-refractivity contribution in [2.75, 3.05) is 26.8 Å². The molecule has 6 nitrogen and oxygen atoms in total. The molecule has 6 heteroatoms. The summed E-state index contributed by atoms with van der Waals surface area (Å²) in [6, 6.07) is 7.56. The minimum Gasteiger partial charge on any atom is -0.383 e. The Morgan fingerprint density at radius 3 is 3.14 bits per heavy atom. The van der Waals surface area contributed by atoms with E-state index in [1.807, 2.05) is 24.3 Å². The normalized spacial score (nSPS) is 21.3. The standard InChI is InChI=1S/C16H21N3O3/c1-21-11-16(7-4-8-18-16)10-17-15(20)9-13-12-5-2-3-6-14(12)22-19-13/h2-3,5-6,18H,4,7-11H2,1H3,(H,17,20). The van der Waals surface area contributed by atoms with Crippen molar-refractivity contribution in [3.63, 3.8) is 0 Å². The number of rotatable bonds is 6. The number of nitrogens with one attached hydrogen (secondary N) is 2. The average molecular weight is 303 g/mol. The molecule has 1 saturated heterocycles. The molecule has 3 rings (SSSR count). The summed E-state index contributed by atoms with van der Waals surface area (Å²) in [7, 11) is 1.69. The van der Waals surface area contributed by atoms with Crippen molar-refractivity contribution < 1.29 is 14.1 Å². The quantitative estimate of drug-likeness (QED) is 0.840. The zero-order chi connectivity index (χ0) is 15.4. The number of amides is 1. The van der Waals surface area contributed by atoms with Gasteiger partial charge in [0.1, 0.15) is 5.69 Å². The van der Waals surface area contributed by atoms with Gasteiger partial charge in [-0.25, -0.2) is 0 Å². The highest BCUT2D eigenvalue weighted by atomic mass is 16.5. The monoisotopic (exact) mass is 303 g/mol. The van der Waals surface area contributed by atoms with Crippen molar-refractivity contribution in [2.24, 2.45) is 0 Å². The number of benzene rings is 1. The Morgan fingerprint density at radius 2 is 2.36 bits per heavy atom. The summed E-state index contributed by atoms with van der Waals surface area (Å²) in [5, 5.41) is 11.3. The first-order valence-corrected chi connectivity index (χ1v) is 7.56. The molecule has 1 aromatic carbocycles. The van der Waals surface area contributed by atoms with Gasteiger partial charge in [-0.15, -0.1) is 0 Å². The fourth-order valence-electron chi connectivity index (χ4n) is 3.02. The molecule has 0 bridgehead atoms. The van der Waals surface area contributed by atoms with Crippen LogP contribution < -0.4 is 10.6 Å². The third-order valence-corrected chi connectivity index (χ3v) is 4.16. The molecule has 1 unspecified atom stereocenters. The first-order chi connectivity index (χ1) is 10.7. The highest BCUT2D eigenvalue weighted by Crippen LogP contribution is 2.20. The molecule has 22 heavy (non-hydrogen) atoms. The number of methoxy groups -OCH3 is 1. The lowest BCUT2D eigenvalue weighted by molar-refractivity contribution is -0.120. The molecule has 1 aliphatic heterocycles. The molecular weight excluding hydrogens is 282 g/mol. The molecule has 2 heterocycles. The molecule has 0 aliphatic carbocycles. The fraction of sp³-hybridized carbons (Fsp3) is 0.500. The maximum Gasteiger partial charge on any atom is 0.226 e. The Labute approximate surface area is 129 Å². The van der Waals surface area contributed by atoms with E-state index in [9.17, 15) is 4.79 Å². The van der Waals surface area contributed by atoms with Crippen LogP contribution in [0.1, 0.15) is 18.5 Å². The molecule has 1 aliphatic rings. The molecule has 1 fully saturated rings. The van der Waals surface area contributed by atoms with Crippen LogP contribution in [0, 0.1) is 0 Å². The molecule has 0 radical (unpaired) electrons. The number of carbonyl (C=O) groups excluding carboxylic acids is 1. The van der Waals surface area contributed by atoms with Crippen molar-refractivity contribution in [3.8, 4) is 0 Å². The zero-order valence-corrected chi connectivity index (χ0v) is 12.7. The van der Waals surface area contributed by atoms with Gasteiger partial charge in [0.15, 0.2) is 5.58 Å². The van der Waals surface area contributed by atoms with E-state index in [4.69, 9.17) is 9.26 Å². The molecule has 118 valence electrons. The van der Waals surface area contributed by atoms with Crippen molar-refractivity contribution in [1.29, 1.82) is 0 Å². The number of fused-ring (bicyclic) bond motifs is 1. The van der Waals surface area contributed by atoms with Gasteiger partial charge >= 0.3 is 0 Å². The number of aromatic nitrogens is 1. The van der Waals surface area contributed by atoms with Gasteiger partial charge in [-0.2, -0.15) is 0 Å². The van der Waals surface area contributed by atoms with Gasteiger partial charge in [0.05, 0.1) is 18.6 Å². The SMILES string of the molecule is COCC1(CNC(=O)Cc2noc3ccccc23)CCCN1. The summed E-state index contributed by atoms with van der Waals surface area (Å²) in [6.07, 6.45) is 2.33. The number of para-hydroxylation sites is 1. The van der Waals surface area contributed by atoms with Crippen LogP contribution in [-0.4, -0.2) is 43.4 Å². The van der Waals surface area contributed by atoms with E-state index >= 15 is 0 Å². The first kappa shape index (κ1) is 15.0. The highest BCUT2D eigenvalue weighted by Gasteiger charge is 2.33. The van der Waals surface area contributed by atoms with E-state index < -0.39 is 0 Å². The fourth-order valence-corrected chi connectivity index (χ4v) is 3.02. The van der Waals surface area contributed by atoms with Gasteiger partial charge in [-0.05, 0) is 31.5 Å². The van der Waals surface area contributed by atoms with Gasteiger partial charge in [0.2, 0.25) is 5.91 Å². The van der Waals surface area contributed by atoms with E-state index in [0.717, 1.165) is 24.8 Å². The lowest BCUT2D eigenvalue weighted by atomic mass is 9.98. The van der Waals surface area contributed by atoms with E-state index in [1.165, 1.54) is 0 Å². The molecular formula is C16H21N3O3. The molecule has 1 aromatic heterocycles. The maximum absolute atomic E-state index is 12.2. The Bertz CT molecular complexity index is 647. The molecule has 1 atom stereocenters. The average Bonchev–Trinajstić information content (AvgIpc) is 3.14. The Hall–Kier alpha value is -1.92. The smallest absolute Gasteiger partial charge is 0.226 e. The maximum atomic E-state index is 12.2. The molecule has 0 spiro atoms. The van der Waals surface area contributed by atoms with Crippen molar-refractivity contribution in [2.45, 2.75) is 24.8 Å². The first-order valence-electron chi connectivity index (χ1n) is 7.56. The second-order valence-electron chi connectivity index (χ2n) is 5.82. The summed E-state index contributed by atoms with van der Waals surface area (Å²) in [4.78, 5) is 12.2. The third-order valence-electron chi connectivity index (χ3n) is 4.16.